The van der Waals surface area contributed by atoms with Crippen molar-refractivity contribution in [3.63, 3.8) is 0 Å². The fraction of sp³-hybridized carbons (Fsp3) is 0.0769. The van der Waals surface area contributed by atoms with Gasteiger partial charge in [-0.15, -0.1) is 0 Å². The van der Waals surface area contributed by atoms with Crippen molar-refractivity contribution in [2.75, 3.05) is 0 Å². The predicted octanol–water partition coefficient (Wildman–Crippen LogP) is 3.22. The highest BCUT2D eigenvalue weighted by Crippen LogP contribution is 2.29. The van der Waals surface area contributed by atoms with Gasteiger partial charge in [-0.1, -0.05) is 36.4 Å². The molecule has 0 aliphatic rings. The molecule has 0 saturated heterocycles. The second-order valence-corrected chi connectivity index (χ2v) is 4.89. The van der Waals surface area contributed by atoms with Crippen molar-refractivity contribution in [1.29, 1.82) is 0 Å². The van der Waals surface area contributed by atoms with Crippen LogP contribution in [0.2, 0.25) is 0 Å². The van der Waals surface area contributed by atoms with Crippen LogP contribution in [-0.2, 0) is 15.7 Å². The van der Waals surface area contributed by atoms with Crippen LogP contribution < -0.4 is 0 Å². The number of para-hydroxylation sites is 2. The Morgan fingerprint density at radius 3 is 2.72 bits per heavy atom. The first kappa shape index (κ1) is 11.5. The third-order valence-electron chi connectivity index (χ3n) is 2.98. The molecule has 3 aromatic rings. The molecule has 0 aliphatic carbocycles. The smallest absolute Gasteiger partial charge is 0.316 e. The summed E-state index contributed by atoms with van der Waals surface area (Å²) < 4.78 is 15.4. The zero-order chi connectivity index (χ0) is 12.5. The average Bonchev–Trinajstić information content (AvgIpc) is 2.75. The van der Waals surface area contributed by atoms with Gasteiger partial charge in [-0.25, -0.2) is 0 Å². The first-order valence-electron chi connectivity index (χ1n) is 5.60. The van der Waals surface area contributed by atoms with E-state index >= 15 is 0 Å². The first-order valence-corrected chi connectivity index (χ1v) is 6.86. The molecule has 4 nitrogen and oxygen atoms in total. The Hall–Kier alpha value is -1.61. The minimum absolute atomic E-state index is 0.137. The normalized spacial score (nSPS) is 13.2. The molecule has 1 atom stereocenters. The number of fused-ring (bicyclic) bond motifs is 3. The molecular weight excluding hydrogens is 249 g/mol. The second kappa shape index (κ2) is 4.58. The van der Waals surface area contributed by atoms with Gasteiger partial charge in [0.15, 0.2) is 0 Å². The third-order valence-corrected chi connectivity index (χ3v) is 3.37. The van der Waals surface area contributed by atoms with Crippen molar-refractivity contribution in [2.45, 2.75) is 6.61 Å². The zero-order valence-corrected chi connectivity index (χ0v) is 10.5. The van der Waals surface area contributed by atoms with E-state index in [1.165, 1.54) is 0 Å². The van der Waals surface area contributed by atoms with E-state index in [1.807, 2.05) is 42.5 Å². The molecular formula is C13H12NO3P. The van der Waals surface area contributed by atoms with Crippen LogP contribution in [0.4, 0.5) is 0 Å². The van der Waals surface area contributed by atoms with E-state index in [4.69, 9.17) is 9.42 Å². The van der Waals surface area contributed by atoms with Crippen LogP contribution in [0.25, 0.3) is 21.8 Å². The molecule has 0 spiro atoms. The Kier molecular flexibility index (Phi) is 2.92. The maximum atomic E-state index is 10.6. The van der Waals surface area contributed by atoms with Crippen LogP contribution in [0.5, 0.6) is 0 Å². The van der Waals surface area contributed by atoms with E-state index in [0.29, 0.717) is 0 Å². The van der Waals surface area contributed by atoms with Crippen molar-refractivity contribution in [3.05, 3.63) is 48.0 Å². The molecule has 0 aliphatic heterocycles. The third kappa shape index (κ3) is 1.95. The van der Waals surface area contributed by atoms with Gasteiger partial charge >= 0.3 is 8.25 Å². The van der Waals surface area contributed by atoms with E-state index < -0.39 is 8.25 Å². The molecule has 1 aromatic heterocycles. The molecule has 5 heteroatoms. The number of hydrogen-bond donors (Lipinski definition) is 2. The van der Waals surface area contributed by atoms with Crippen LogP contribution in [0.3, 0.4) is 0 Å². The number of benzene rings is 2. The lowest BCUT2D eigenvalue weighted by molar-refractivity contribution is 0.273. The van der Waals surface area contributed by atoms with Crippen LogP contribution in [-0.4, -0.2) is 9.88 Å². The Labute approximate surface area is 104 Å². The van der Waals surface area contributed by atoms with Gasteiger partial charge in [-0.2, -0.15) is 0 Å². The number of aromatic amines is 1. The highest BCUT2D eigenvalue weighted by molar-refractivity contribution is 7.32. The molecule has 1 unspecified atom stereocenters. The van der Waals surface area contributed by atoms with Crippen LogP contribution >= 0.6 is 8.25 Å². The summed E-state index contributed by atoms with van der Waals surface area (Å²) in [5.74, 6) is 0. The first-order chi connectivity index (χ1) is 8.75. The number of rotatable bonds is 3. The molecule has 18 heavy (non-hydrogen) atoms. The Morgan fingerprint density at radius 2 is 1.89 bits per heavy atom. The van der Waals surface area contributed by atoms with E-state index in [0.717, 1.165) is 27.4 Å². The maximum Gasteiger partial charge on any atom is 0.316 e. The SMILES string of the molecule is O=[PH](O)OCc1cccc2c1[nH]c1ccccc12. The quantitative estimate of drug-likeness (QED) is 0.711. The lowest BCUT2D eigenvalue weighted by Gasteiger charge is -2.02. The van der Waals surface area contributed by atoms with Gasteiger partial charge in [0.05, 0.1) is 12.1 Å². The molecule has 0 amide bonds. The molecule has 2 N–H and O–H groups in total. The minimum Gasteiger partial charge on any atom is -0.354 e. The van der Waals surface area contributed by atoms with Gasteiger partial charge in [0.2, 0.25) is 0 Å². The molecule has 92 valence electrons. The molecule has 0 fully saturated rings. The van der Waals surface area contributed by atoms with Crippen molar-refractivity contribution >= 4 is 30.1 Å². The summed E-state index contributed by atoms with van der Waals surface area (Å²) in [4.78, 5) is 12.1. The van der Waals surface area contributed by atoms with Crippen LogP contribution in [0.15, 0.2) is 42.5 Å². The molecule has 1 heterocycles. The Bertz CT molecular complexity index is 735. The summed E-state index contributed by atoms with van der Waals surface area (Å²) in [7, 11) is -2.89. The summed E-state index contributed by atoms with van der Waals surface area (Å²) in [6, 6.07) is 13.9. The summed E-state index contributed by atoms with van der Waals surface area (Å²) in [5.41, 5.74) is 2.90. The molecule has 2 aromatic carbocycles. The second-order valence-electron chi connectivity index (χ2n) is 4.06. The predicted molar refractivity (Wildman–Crippen MR) is 71.8 cm³/mol. The monoisotopic (exact) mass is 261 g/mol. The number of aromatic nitrogens is 1. The summed E-state index contributed by atoms with van der Waals surface area (Å²) >= 11 is 0. The molecule has 3 rings (SSSR count). The van der Waals surface area contributed by atoms with Gasteiger partial charge in [-0.3, -0.25) is 4.57 Å². The van der Waals surface area contributed by atoms with Gasteiger partial charge in [-0.05, 0) is 6.07 Å². The van der Waals surface area contributed by atoms with E-state index in [1.54, 1.807) is 0 Å². The van der Waals surface area contributed by atoms with Crippen molar-refractivity contribution in [1.82, 2.24) is 4.98 Å². The fourth-order valence-electron chi connectivity index (χ4n) is 2.19. The Morgan fingerprint density at radius 1 is 1.11 bits per heavy atom. The van der Waals surface area contributed by atoms with E-state index in [-0.39, 0.29) is 6.61 Å². The molecule has 0 saturated carbocycles. The average molecular weight is 261 g/mol. The Balaban J connectivity index is 2.18. The van der Waals surface area contributed by atoms with Gasteiger partial charge in [0, 0.05) is 21.9 Å². The molecule has 0 bridgehead atoms. The summed E-state index contributed by atoms with van der Waals surface area (Å²) in [5, 5.41) is 2.25. The summed E-state index contributed by atoms with van der Waals surface area (Å²) in [6.45, 7) is 0.137. The fourth-order valence-corrected chi connectivity index (χ4v) is 2.47. The zero-order valence-electron chi connectivity index (χ0n) is 9.51. The minimum atomic E-state index is -2.89. The van der Waals surface area contributed by atoms with Gasteiger partial charge in [0.1, 0.15) is 0 Å². The van der Waals surface area contributed by atoms with Crippen LogP contribution in [0.1, 0.15) is 5.56 Å². The number of H-pyrrole nitrogens is 1. The van der Waals surface area contributed by atoms with Crippen molar-refractivity contribution in [2.24, 2.45) is 0 Å². The lowest BCUT2D eigenvalue weighted by Crippen LogP contribution is -1.87. The number of nitrogens with one attached hydrogen (secondary N) is 1. The highest BCUT2D eigenvalue weighted by atomic mass is 31.1. The largest absolute Gasteiger partial charge is 0.354 e. The number of hydrogen-bond acceptors (Lipinski definition) is 2. The topological polar surface area (TPSA) is 62.3 Å². The van der Waals surface area contributed by atoms with Crippen molar-refractivity contribution < 1.29 is 14.0 Å². The van der Waals surface area contributed by atoms with Gasteiger partial charge < -0.3 is 14.4 Å². The maximum absolute atomic E-state index is 10.6. The lowest BCUT2D eigenvalue weighted by atomic mass is 10.1. The van der Waals surface area contributed by atoms with E-state index in [2.05, 4.69) is 4.98 Å². The van der Waals surface area contributed by atoms with Crippen LogP contribution in [0, 0.1) is 0 Å². The standard InChI is InChI=1S/C13H12NO3P/c15-18(16)17-8-9-4-3-6-11-10-5-1-2-7-12(10)14-13(9)11/h1-7,14,18H,8H2,(H,15,16). The van der Waals surface area contributed by atoms with E-state index in [9.17, 15) is 4.57 Å². The molecule has 0 radical (unpaired) electrons. The van der Waals surface area contributed by atoms with Crippen molar-refractivity contribution in [3.8, 4) is 0 Å². The highest BCUT2D eigenvalue weighted by Gasteiger charge is 2.07. The van der Waals surface area contributed by atoms with Gasteiger partial charge in [0.25, 0.3) is 0 Å². The summed E-state index contributed by atoms with van der Waals surface area (Å²) in [6.07, 6.45) is 0.